The van der Waals surface area contributed by atoms with Gasteiger partial charge in [0.1, 0.15) is 5.71 Å². The van der Waals surface area contributed by atoms with Crippen molar-refractivity contribution in [3.63, 3.8) is 0 Å². The van der Waals surface area contributed by atoms with Crippen molar-refractivity contribution in [2.45, 2.75) is 32.4 Å². The van der Waals surface area contributed by atoms with Gasteiger partial charge in [-0.3, -0.25) is 0 Å². The minimum atomic E-state index is -0.541. The van der Waals surface area contributed by atoms with E-state index in [4.69, 9.17) is 16.3 Å². The molecule has 114 valence electrons. The van der Waals surface area contributed by atoms with Crippen LogP contribution in [0.3, 0.4) is 0 Å². The average Bonchev–Trinajstić information content (AvgIpc) is 2.49. The van der Waals surface area contributed by atoms with Crippen LogP contribution in [0.1, 0.15) is 31.7 Å². The highest BCUT2D eigenvalue weighted by Crippen LogP contribution is 2.16. The molecule has 0 aliphatic carbocycles. The number of nitrogens with one attached hydrogen (secondary N) is 1. The maximum Gasteiger partial charge on any atom is 0.340 e. The zero-order chi connectivity index (χ0) is 15.2. The molecule has 0 spiro atoms. The predicted octanol–water partition coefficient (Wildman–Crippen LogP) is 3.23. The molecule has 1 unspecified atom stereocenters. The number of halogens is 1. The predicted molar refractivity (Wildman–Crippen MR) is 83.5 cm³/mol. The normalized spacial score (nSPS) is 18.4. The number of unbranched alkanes of at least 4 members (excludes halogenated alkanes) is 2. The largest absolute Gasteiger partial charge is 0.356 e. The second-order valence-electron chi connectivity index (χ2n) is 4.89. The Morgan fingerprint density at radius 2 is 2.05 bits per heavy atom. The summed E-state index contributed by atoms with van der Waals surface area (Å²) in [7, 11) is 1.54. The molecule has 0 bridgehead atoms. The fourth-order valence-corrected chi connectivity index (χ4v) is 2.27. The number of urea groups is 1. The molecule has 0 aromatic heterocycles. The van der Waals surface area contributed by atoms with Crippen molar-refractivity contribution in [3.05, 3.63) is 34.9 Å². The van der Waals surface area contributed by atoms with Gasteiger partial charge in [0.15, 0.2) is 6.23 Å². The first kappa shape index (κ1) is 15.8. The standard InChI is InChI=1S/C15H20ClN3O2/c1-3-4-5-10-19-15(20)17-14(21-2)13(18-19)11-6-8-12(16)9-7-11/h6-9,14H,3-5,10H2,1-2H3,(H,17,20). The lowest BCUT2D eigenvalue weighted by molar-refractivity contribution is 0.109. The Bertz CT molecular complexity index is 516. The number of rotatable bonds is 6. The van der Waals surface area contributed by atoms with Gasteiger partial charge in [0, 0.05) is 24.2 Å². The Morgan fingerprint density at radius 3 is 2.67 bits per heavy atom. The second kappa shape index (κ2) is 7.43. The lowest BCUT2D eigenvalue weighted by Gasteiger charge is -2.30. The molecule has 0 saturated heterocycles. The van der Waals surface area contributed by atoms with Crippen LogP contribution in [0.4, 0.5) is 4.79 Å². The van der Waals surface area contributed by atoms with Crippen molar-refractivity contribution in [1.82, 2.24) is 10.3 Å². The highest BCUT2D eigenvalue weighted by molar-refractivity contribution is 6.30. The Kier molecular flexibility index (Phi) is 5.59. The van der Waals surface area contributed by atoms with Gasteiger partial charge in [0.2, 0.25) is 0 Å². The first-order valence-corrected chi connectivity index (χ1v) is 7.48. The van der Waals surface area contributed by atoms with E-state index >= 15 is 0 Å². The first-order valence-electron chi connectivity index (χ1n) is 7.11. The summed E-state index contributed by atoms with van der Waals surface area (Å²) in [5, 5.41) is 9.39. The Balaban J connectivity index is 2.22. The van der Waals surface area contributed by atoms with Crippen LogP contribution in [-0.4, -0.2) is 36.6 Å². The van der Waals surface area contributed by atoms with Crippen molar-refractivity contribution >= 4 is 23.3 Å². The molecule has 0 fully saturated rings. The van der Waals surface area contributed by atoms with Crippen LogP contribution in [0.25, 0.3) is 0 Å². The Hall–Kier alpha value is -1.59. The van der Waals surface area contributed by atoms with E-state index in [0.29, 0.717) is 17.3 Å². The quantitative estimate of drug-likeness (QED) is 0.820. The molecule has 5 nitrogen and oxygen atoms in total. The van der Waals surface area contributed by atoms with Crippen LogP contribution < -0.4 is 5.32 Å². The number of methoxy groups -OCH3 is 1. The number of hydrogen-bond acceptors (Lipinski definition) is 3. The zero-order valence-corrected chi connectivity index (χ0v) is 13.1. The summed E-state index contributed by atoms with van der Waals surface area (Å²) >= 11 is 5.91. The fourth-order valence-electron chi connectivity index (χ4n) is 2.15. The van der Waals surface area contributed by atoms with Gasteiger partial charge < -0.3 is 10.1 Å². The van der Waals surface area contributed by atoms with E-state index in [9.17, 15) is 4.79 Å². The molecule has 1 aromatic carbocycles. The topological polar surface area (TPSA) is 53.9 Å². The summed E-state index contributed by atoms with van der Waals surface area (Å²) in [5.41, 5.74) is 1.57. The van der Waals surface area contributed by atoms with Crippen molar-refractivity contribution in [1.29, 1.82) is 0 Å². The molecule has 21 heavy (non-hydrogen) atoms. The van der Waals surface area contributed by atoms with Gasteiger partial charge in [-0.05, 0) is 18.6 Å². The number of amides is 2. The van der Waals surface area contributed by atoms with E-state index in [-0.39, 0.29) is 6.03 Å². The molecule has 0 saturated carbocycles. The number of hydrazone groups is 1. The molecule has 1 atom stereocenters. The van der Waals surface area contributed by atoms with Crippen molar-refractivity contribution in [3.8, 4) is 0 Å². The fraction of sp³-hybridized carbons (Fsp3) is 0.467. The third-order valence-corrected chi connectivity index (χ3v) is 3.57. The number of carbonyl (C=O) groups excluding carboxylic acids is 1. The van der Waals surface area contributed by atoms with Crippen LogP contribution in [0.2, 0.25) is 5.02 Å². The summed E-state index contributed by atoms with van der Waals surface area (Å²) in [5.74, 6) is 0. The van der Waals surface area contributed by atoms with Gasteiger partial charge in [0.05, 0.1) is 0 Å². The van der Waals surface area contributed by atoms with Crippen LogP contribution >= 0.6 is 11.6 Å². The number of benzene rings is 1. The number of hydrogen-bond donors (Lipinski definition) is 1. The molecule has 1 heterocycles. The monoisotopic (exact) mass is 309 g/mol. The van der Waals surface area contributed by atoms with Gasteiger partial charge in [0.25, 0.3) is 0 Å². The van der Waals surface area contributed by atoms with Gasteiger partial charge in [-0.1, -0.05) is 43.5 Å². The van der Waals surface area contributed by atoms with E-state index in [1.807, 2.05) is 12.1 Å². The average molecular weight is 310 g/mol. The van der Waals surface area contributed by atoms with Gasteiger partial charge in [-0.2, -0.15) is 5.10 Å². The molecule has 1 N–H and O–H groups in total. The number of ether oxygens (including phenoxy) is 1. The summed E-state index contributed by atoms with van der Waals surface area (Å²) < 4.78 is 5.31. The molecule has 6 heteroatoms. The summed E-state index contributed by atoms with van der Waals surface area (Å²) in [6, 6.07) is 7.10. The molecule has 1 aromatic rings. The third-order valence-electron chi connectivity index (χ3n) is 3.31. The molecule has 2 amide bonds. The Morgan fingerprint density at radius 1 is 1.33 bits per heavy atom. The number of carbonyl (C=O) groups is 1. The first-order chi connectivity index (χ1) is 10.2. The zero-order valence-electron chi connectivity index (χ0n) is 12.3. The van der Waals surface area contributed by atoms with Gasteiger partial charge >= 0.3 is 6.03 Å². The minimum absolute atomic E-state index is 0.226. The van der Waals surface area contributed by atoms with Crippen LogP contribution in [0.5, 0.6) is 0 Å². The highest BCUT2D eigenvalue weighted by Gasteiger charge is 2.28. The van der Waals surface area contributed by atoms with Crippen LogP contribution in [0.15, 0.2) is 29.4 Å². The summed E-state index contributed by atoms with van der Waals surface area (Å²) in [6.07, 6.45) is 2.56. The van der Waals surface area contributed by atoms with Crippen LogP contribution in [0, 0.1) is 0 Å². The van der Waals surface area contributed by atoms with E-state index in [2.05, 4.69) is 17.3 Å². The molecular formula is C15H20ClN3O2. The summed E-state index contributed by atoms with van der Waals surface area (Å²) in [6.45, 7) is 2.73. The van der Waals surface area contributed by atoms with Crippen molar-refractivity contribution in [2.24, 2.45) is 5.10 Å². The number of nitrogens with zero attached hydrogens (tertiary/aromatic N) is 2. The van der Waals surface area contributed by atoms with Gasteiger partial charge in [-0.25, -0.2) is 9.80 Å². The molecular weight excluding hydrogens is 290 g/mol. The molecule has 0 radical (unpaired) electrons. The lowest BCUT2D eigenvalue weighted by atomic mass is 10.1. The summed E-state index contributed by atoms with van der Waals surface area (Å²) in [4.78, 5) is 12.0. The lowest BCUT2D eigenvalue weighted by Crippen LogP contribution is -2.53. The van der Waals surface area contributed by atoms with Crippen molar-refractivity contribution < 1.29 is 9.53 Å². The molecule has 1 aliphatic heterocycles. The molecule has 1 aliphatic rings. The van der Waals surface area contributed by atoms with E-state index < -0.39 is 6.23 Å². The van der Waals surface area contributed by atoms with Crippen LogP contribution in [-0.2, 0) is 4.74 Å². The molecule has 2 rings (SSSR count). The minimum Gasteiger partial charge on any atom is -0.356 e. The van der Waals surface area contributed by atoms with E-state index in [1.54, 1.807) is 19.2 Å². The van der Waals surface area contributed by atoms with E-state index in [0.717, 1.165) is 24.8 Å². The maximum atomic E-state index is 12.0. The second-order valence-corrected chi connectivity index (χ2v) is 5.32. The SMILES string of the molecule is CCCCCN1N=C(c2ccc(Cl)cc2)C(OC)NC1=O. The smallest absolute Gasteiger partial charge is 0.340 e. The van der Waals surface area contributed by atoms with Gasteiger partial charge in [-0.15, -0.1) is 0 Å². The Labute approximate surface area is 129 Å². The highest BCUT2D eigenvalue weighted by atomic mass is 35.5. The third kappa shape index (κ3) is 3.95. The van der Waals surface area contributed by atoms with Crippen molar-refractivity contribution in [2.75, 3.05) is 13.7 Å². The maximum absolute atomic E-state index is 12.0. The van der Waals surface area contributed by atoms with E-state index in [1.165, 1.54) is 5.01 Å².